The Hall–Kier alpha value is -0.610. The molecule has 0 bridgehead atoms. The van der Waals surface area contributed by atoms with E-state index in [1.807, 2.05) is 11.9 Å². The molecule has 180 valence electrons. The summed E-state index contributed by atoms with van der Waals surface area (Å²) in [5.41, 5.74) is -1.16. The van der Waals surface area contributed by atoms with Gasteiger partial charge in [-0.3, -0.25) is 9.69 Å². The van der Waals surface area contributed by atoms with Crippen molar-refractivity contribution in [2.24, 2.45) is 0 Å². The molecule has 0 atom stereocenters. The van der Waals surface area contributed by atoms with Crippen LogP contribution in [0.3, 0.4) is 0 Å². The zero-order valence-electron chi connectivity index (χ0n) is 21.5. The maximum Gasteiger partial charge on any atom is 0.257 e. The lowest BCUT2D eigenvalue weighted by atomic mass is 9.70. The largest absolute Gasteiger partial charge is 0.339 e. The van der Waals surface area contributed by atoms with E-state index in [-0.39, 0.29) is 17.0 Å². The number of likely N-dealkylation sites (N-methyl/N-ethyl adjacent to an activating group) is 1. The summed E-state index contributed by atoms with van der Waals surface area (Å²) in [6.07, 6.45) is 17.7. The van der Waals surface area contributed by atoms with Crippen molar-refractivity contribution >= 4 is 5.91 Å². The molecule has 4 heteroatoms. The van der Waals surface area contributed by atoms with E-state index in [4.69, 9.17) is 4.74 Å². The Morgan fingerprint density at radius 1 is 0.806 bits per heavy atom. The number of hydrogen-bond acceptors (Lipinski definition) is 3. The number of rotatable bonds is 3. The molecule has 1 saturated carbocycles. The molecule has 0 aromatic carbocycles. The van der Waals surface area contributed by atoms with E-state index in [1.165, 1.54) is 70.6 Å². The van der Waals surface area contributed by atoms with Crippen LogP contribution in [0, 0.1) is 0 Å². The Kier molecular flexibility index (Phi) is 7.84. The quantitative estimate of drug-likeness (QED) is 0.497. The third-order valence-electron chi connectivity index (χ3n) is 8.46. The lowest BCUT2D eigenvalue weighted by molar-refractivity contribution is -0.198. The average molecular weight is 435 g/mol. The smallest absolute Gasteiger partial charge is 0.257 e. The number of amides is 1. The first-order valence-electron chi connectivity index (χ1n) is 13.3. The van der Waals surface area contributed by atoms with Gasteiger partial charge >= 0.3 is 0 Å². The Labute approximate surface area is 192 Å². The first-order valence-corrected chi connectivity index (χ1v) is 13.3. The van der Waals surface area contributed by atoms with Gasteiger partial charge in [0.1, 0.15) is 5.72 Å². The Morgan fingerprint density at radius 3 is 1.71 bits per heavy atom. The van der Waals surface area contributed by atoms with E-state index < -0.39 is 11.3 Å². The van der Waals surface area contributed by atoms with Gasteiger partial charge in [0, 0.05) is 31.0 Å². The minimum atomic E-state index is -0.665. The van der Waals surface area contributed by atoms with Crippen LogP contribution in [0.5, 0.6) is 0 Å². The summed E-state index contributed by atoms with van der Waals surface area (Å²) in [6, 6.07) is 0. The molecule has 2 heterocycles. The minimum Gasteiger partial charge on any atom is -0.339 e. The molecule has 4 nitrogen and oxygen atoms in total. The summed E-state index contributed by atoms with van der Waals surface area (Å²) in [5.74, 6) is 0.246. The molecule has 0 N–H and O–H groups in total. The van der Waals surface area contributed by atoms with Gasteiger partial charge in [-0.2, -0.15) is 0 Å². The van der Waals surface area contributed by atoms with Gasteiger partial charge in [-0.25, -0.2) is 0 Å². The van der Waals surface area contributed by atoms with E-state index in [2.05, 4.69) is 39.5 Å². The van der Waals surface area contributed by atoms with Gasteiger partial charge in [0.05, 0.1) is 0 Å². The molecule has 0 aromatic heterocycles. The predicted molar refractivity (Wildman–Crippen MR) is 129 cm³/mol. The molecule has 2 aliphatic heterocycles. The molecule has 2 spiro atoms. The van der Waals surface area contributed by atoms with Crippen molar-refractivity contribution in [3.8, 4) is 0 Å². The summed E-state index contributed by atoms with van der Waals surface area (Å²) < 4.78 is 7.12. The first kappa shape index (κ1) is 25.0. The van der Waals surface area contributed by atoms with Gasteiger partial charge in [0.15, 0.2) is 5.60 Å². The maximum absolute atomic E-state index is 13.9. The van der Waals surface area contributed by atoms with Gasteiger partial charge < -0.3 is 9.64 Å². The number of hydrogen-bond donors (Lipinski definition) is 0. The number of nitrogens with zero attached hydrogens (tertiary/aromatic N) is 2. The van der Waals surface area contributed by atoms with Crippen LogP contribution in [0.15, 0.2) is 0 Å². The van der Waals surface area contributed by atoms with Gasteiger partial charge in [0.2, 0.25) is 0 Å². The van der Waals surface area contributed by atoms with Gasteiger partial charge in [-0.05, 0) is 66.3 Å². The van der Waals surface area contributed by atoms with Crippen molar-refractivity contribution in [3.05, 3.63) is 0 Å². The topological polar surface area (TPSA) is 32.8 Å². The third kappa shape index (κ3) is 5.16. The maximum atomic E-state index is 13.9. The van der Waals surface area contributed by atoms with E-state index in [1.54, 1.807) is 0 Å². The molecule has 2 saturated heterocycles. The van der Waals surface area contributed by atoms with Crippen LogP contribution in [0.2, 0.25) is 0 Å². The Morgan fingerprint density at radius 2 is 1.26 bits per heavy atom. The third-order valence-corrected chi connectivity index (χ3v) is 8.46. The van der Waals surface area contributed by atoms with Crippen molar-refractivity contribution in [1.82, 2.24) is 9.80 Å². The number of ether oxygens (including phenoxy) is 1. The second-order valence-electron chi connectivity index (χ2n) is 12.1. The summed E-state index contributed by atoms with van der Waals surface area (Å²) in [4.78, 5) is 18.6. The summed E-state index contributed by atoms with van der Waals surface area (Å²) in [7, 11) is 2.03. The Balaban J connectivity index is 1.85. The molecule has 1 aliphatic carbocycles. The van der Waals surface area contributed by atoms with Crippen LogP contribution < -0.4 is 0 Å². The SMILES string of the molecule is CCCCN1C(C)(C)CC2(CC1(C)C)OC1(CCCCCCCCCCC1)N(C)C2=O. The van der Waals surface area contributed by atoms with Crippen molar-refractivity contribution in [3.63, 3.8) is 0 Å². The van der Waals surface area contributed by atoms with Crippen LogP contribution in [0.25, 0.3) is 0 Å². The summed E-state index contributed by atoms with van der Waals surface area (Å²) in [6.45, 7) is 12.7. The van der Waals surface area contributed by atoms with Crippen molar-refractivity contribution < 1.29 is 9.53 Å². The lowest BCUT2D eigenvalue weighted by Gasteiger charge is -2.57. The van der Waals surface area contributed by atoms with Crippen molar-refractivity contribution in [2.45, 2.75) is 153 Å². The highest BCUT2D eigenvalue weighted by Gasteiger charge is 2.65. The number of piperidine rings is 1. The molecule has 3 fully saturated rings. The van der Waals surface area contributed by atoms with E-state index >= 15 is 0 Å². The minimum absolute atomic E-state index is 0.0513. The molecule has 3 rings (SSSR count). The molecule has 1 amide bonds. The van der Waals surface area contributed by atoms with E-state index in [0.717, 1.165) is 32.2 Å². The number of likely N-dealkylation sites (tertiary alicyclic amines) is 1. The highest BCUT2D eigenvalue weighted by atomic mass is 16.6. The number of carbonyl (C=O) groups is 1. The summed E-state index contributed by atoms with van der Waals surface area (Å²) >= 11 is 0. The number of carbonyl (C=O) groups excluding carboxylic acids is 1. The molecule has 0 radical (unpaired) electrons. The van der Waals surface area contributed by atoms with Crippen molar-refractivity contribution in [1.29, 1.82) is 0 Å². The summed E-state index contributed by atoms with van der Waals surface area (Å²) in [5, 5.41) is 0. The zero-order valence-corrected chi connectivity index (χ0v) is 21.5. The molecule has 3 aliphatic rings. The molecule has 31 heavy (non-hydrogen) atoms. The average Bonchev–Trinajstić information content (AvgIpc) is 2.85. The second kappa shape index (κ2) is 9.71. The fourth-order valence-electron chi connectivity index (χ4n) is 7.18. The van der Waals surface area contributed by atoms with Gasteiger partial charge in [-0.15, -0.1) is 0 Å². The first-order chi connectivity index (χ1) is 14.6. The normalized spacial score (nSPS) is 29.1. The molecule has 0 unspecified atom stereocenters. The fourth-order valence-corrected chi connectivity index (χ4v) is 7.18. The second-order valence-corrected chi connectivity index (χ2v) is 12.1. The van der Waals surface area contributed by atoms with Crippen molar-refractivity contribution in [2.75, 3.05) is 13.6 Å². The van der Waals surface area contributed by atoms with Crippen LogP contribution in [0.1, 0.15) is 131 Å². The molecule has 0 aromatic rings. The standard InChI is InChI=1S/C27H50N2O2/c1-7-8-20-29-24(2,3)21-26(22-25(29,4)5)23(30)28(6)27(31-26)18-16-14-12-10-9-11-13-15-17-19-27/h7-22H2,1-6H3. The monoisotopic (exact) mass is 434 g/mol. The highest BCUT2D eigenvalue weighted by Crippen LogP contribution is 2.53. The number of unbranched alkanes of at least 4 members (excludes halogenated alkanes) is 1. The predicted octanol–water partition coefficient (Wildman–Crippen LogP) is 6.67. The van der Waals surface area contributed by atoms with Crippen LogP contribution >= 0.6 is 0 Å². The van der Waals surface area contributed by atoms with E-state index in [0.29, 0.717) is 0 Å². The van der Waals surface area contributed by atoms with Gasteiger partial charge in [-0.1, -0.05) is 58.3 Å². The van der Waals surface area contributed by atoms with Gasteiger partial charge in [0.25, 0.3) is 5.91 Å². The molecular weight excluding hydrogens is 384 g/mol. The zero-order chi connectivity index (χ0) is 22.8. The van der Waals surface area contributed by atoms with Crippen LogP contribution in [-0.2, 0) is 9.53 Å². The fraction of sp³-hybridized carbons (Fsp3) is 0.963. The highest BCUT2D eigenvalue weighted by molar-refractivity contribution is 5.88. The Bertz CT molecular complexity index is 582. The lowest BCUT2D eigenvalue weighted by Crippen LogP contribution is -2.67. The van der Waals surface area contributed by atoms with E-state index in [9.17, 15) is 4.79 Å². The molecular formula is C27H50N2O2. The van der Waals surface area contributed by atoms with Crippen LogP contribution in [0.4, 0.5) is 0 Å². The van der Waals surface area contributed by atoms with Crippen LogP contribution in [-0.4, -0.2) is 51.7 Å².